The van der Waals surface area contributed by atoms with E-state index in [9.17, 15) is 0 Å². The fraction of sp³-hybridized carbons (Fsp3) is 0.647. The number of likely N-dealkylation sites (N-methyl/N-ethyl adjacent to an activating group) is 1. The van der Waals surface area contributed by atoms with E-state index in [0.717, 1.165) is 26.1 Å². The second-order valence-corrected chi connectivity index (χ2v) is 6.21. The van der Waals surface area contributed by atoms with Crippen molar-refractivity contribution in [2.24, 2.45) is 0 Å². The zero-order valence-corrected chi connectivity index (χ0v) is 13.1. The normalized spacial score (nSPS) is 13.5. The van der Waals surface area contributed by atoms with Crippen molar-refractivity contribution >= 4 is 0 Å². The molecule has 1 atom stereocenters. The van der Waals surface area contributed by atoms with Gasteiger partial charge in [-0.3, -0.25) is 0 Å². The number of ether oxygens (including phenoxy) is 1. The first kappa shape index (κ1) is 16.2. The Morgan fingerprint density at radius 3 is 2.26 bits per heavy atom. The molecule has 2 heteroatoms. The first-order valence-corrected chi connectivity index (χ1v) is 7.31. The SMILES string of the molecule is CCCOCC(Cc1ccc(C(C)(C)C)cc1)NC. The smallest absolute Gasteiger partial charge is 0.0622 e. The molecule has 2 nitrogen and oxygen atoms in total. The van der Waals surface area contributed by atoms with Crippen molar-refractivity contribution in [2.75, 3.05) is 20.3 Å². The van der Waals surface area contributed by atoms with E-state index in [-0.39, 0.29) is 5.41 Å². The number of rotatable bonds is 7. The second-order valence-electron chi connectivity index (χ2n) is 6.21. The van der Waals surface area contributed by atoms with Gasteiger partial charge in [0.2, 0.25) is 0 Å². The highest BCUT2D eigenvalue weighted by molar-refractivity contribution is 5.28. The molecule has 0 radical (unpaired) electrons. The lowest BCUT2D eigenvalue weighted by Crippen LogP contribution is -2.32. The molecule has 0 spiro atoms. The van der Waals surface area contributed by atoms with Gasteiger partial charge in [0.05, 0.1) is 6.61 Å². The maximum atomic E-state index is 5.62. The van der Waals surface area contributed by atoms with Crippen LogP contribution in [-0.2, 0) is 16.6 Å². The predicted octanol–water partition coefficient (Wildman–Crippen LogP) is 3.54. The summed E-state index contributed by atoms with van der Waals surface area (Å²) in [5.74, 6) is 0. The third-order valence-corrected chi connectivity index (χ3v) is 3.38. The van der Waals surface area contributed by atoms with Crippen LogP contribution < -0.4 is 5.32 Å². The molecule has 0 saturated carbocycles. The summed E-state index contributed by atoms with van der Waals surface area (Å²) in [5, 5.41) is 3.33. The Balaban J connectivity index is 2.55. The summed E-state index contributed by atoms with van der Waals surface area (Å²) >= 11 is 0. The topological polar surface area (TPSA) is 21.3 Å². The quantitative estimate of drug-likeness (QED) is 0.760. The van der Waals surface area contributed by atoms with Crippen LogP contribution in [0.15, 0.2) is 24.3 Å². The van der Waals surface area contributed by atoms with Crippen molar-refractivity contribution in [3.8, 4) is 0 Å². The third kappa shape index (κ3) is 5.75. The minimum absolute atomic E-state index is 0.227. The van der Waals surface area contributed by atoms with E-state index in [1.165, 1.54) is 11.1 Å². The van der Waals surface area contributed by atoms with Gasteiger partial charge in [-0.2, -0.15) is 0 Å². The number of benzene rings is 1. The highest BCUT2D eigenvalue weighted by Crippen LogP contribution is 2.22. The van der Waals surface area contributed by atoms with Gasteiger partial charge < -0.3 is 10.1 Å². The average molecular weight is 263 g/mol. The van der Waals surface area contributed by atoms with Gasteiger partial charge in [-0.25, -0.2) is 0 Å². The lowest BCUT2D eigenvalue weighted by Gasteiger charge is -2.20. The van der Waals surface area contributed by atoms with E-state index in [1.807, 2.05) is 7.05 Å². The molecule has 0 fully saturated rings. The highest BCUT2D eigenvalue weighted by atomic mass is 16.5. The molecule has 19 heavy (non-hydrogen) atoms. The van der Waals surface area contributed by atoms with Crippen molar-refractivity contribution in [1.29, 1.82) is 0 Å². The Kier molecular flexibility index (Phi) is 6.53. The summed E-state index contributed by atoms with van der Waals surface area (Å²) in [6.45, 7) is 10.5. The molecule has 0 aliphatic heterocycles. The van der Waals surface area contributed by atoms with Gasteiger partial charge >= 0.3 is 0 Å². The van der Waals surface area contributed by atoms with E-state index in [1.54, 1.807) is 0 Å². The first-order chi connectivity index (χ1) is 8.97. The fourth-order valence-electron chi connectivity index (χ4n) is 2.04. The summed E-state index contributed by atoms with van der Waals surface area (Å²) in [5.41, 5.74) is 2.98. The molecule has 1 N–H and O–H groups in total. The summed E-state index contributed by atoms with van der Waals surface area (Å²) < 4.78 is 5.62. The maximum Gasteiger partial charge on any atom is 0.0622 e. The predicted molar refractivity (Wildman–Crippen MR) is 82.8 cm³/mol. The Hall–Kier alpha value is -0.860. The highest BCUT2D eigenvalue weighted by Gasteiger charge is 2.13. The third-order valence-electron chi connectivity index (χ3n) is 3.38. The molecular formula is C17H29NO. The van der Waals surface area contributed by atoms with Crippen molar-refractivity contribution in [3.05, 3.63) is 35.4 Å². The molecule has 0 saturated heterocycles. The van der Waals surface area contributed by atoms with Crippen LogP contribution in [0.25, 0.3) is 0 Å². The first-order valence-electron chi connectivity index (χ1n) is 7.31. The van der Waals surface area contributed by atoms with E-state index in [2.05, 4.69) is 57.3 Å². The Morgan fingerprint density at radius 2 is 1.79 bits per heavy atom. The molecule has 0 aromatic heterocycles. The number of hydrogen-bond acceptors (Lipinski definition) is 2. The lowest BCUT2D eigenvalue weighted by molar-refractivity contribution is 0.114. The van der Waals surface area contributed by atoms with Crippen LogP contribution in [0.2, 0.25) is 0 Å². The van der Waals surface area contributed by atoms with Gasteiger partial charge in [0.15, 0.2) is 0 Å². The number of hydrogen-bond donors (Lipinski definition) is 1. The van der Waals surface area contributed by atoms with Gasteiger partial charge in [0, 0.05) is 12.6 Å². The summed E-state index contributed by atoms with van der Waals surface area (Å²) in [7, 11) is 2.00. The molecule has 0 heterocycles. The molecular weight excluding hydrogens is 234 g/mol. The Morgan fingerprint density at radius 1 is 1.16 bits per heavy atom. The van der Waals surface area contributed by atoms with Crippen molar-refractivity contribution in [3.63, 3.8) is 0 Å². The maximum absolute atomic E-state index is 5.62. The van der Waals surface area contributed by atoms with Gasteiger partial charge in [-0.1, -0.05) is 52.0 Å². The van der Waals surface area contributed by atoms with Gasteiger partial charge in [-0.05, 0) is 36.4 Å². The van der Waals surface area contributed by atoms with Gasteiger partial charge in [-0.15, -0.1) is 0 Å². The van der Waals surface area contributed by atoms with Crippen LogP contribution in [0.3, 0.4) is 0 Å². The van der Waals surface area contributed by atoms with Gasteiger partial charge in [0.25, 0.3) is 0 Å². The second kappa shape index (κ2) is 7.66. The van der Waals surface area contributed by atoms with E-state index in [0.29, 0.717) is 6.04 Å². The molecule has 1 unspecified atom stereocenters. The monoisotopic (exact) mass is 263 g/mol. The molecule has 108 valence electrons. The minimum atomic E-state index is 0.227. The Labute approximate surface area is 118 Å². The molecule has 1 aromatic carbocycles. The largest absolute Gasteiger partial charge is 0.380 e. The summed E-state index contributed by atoms with van der Waals surface area (Å²) in [4.78, 5) is 0. The van der Waals surface area contributed by atoms with E-state index < -0.39 is 0 Å². The number of nitrogens with one attached hydrogen (secondary N) is 1. The van der Waals surface area contributed by atoms with E-state index >= 15 is 0 Å². The molecule has 0 aliphatic carbocycles. The van der Waals surface area contributed by atoms with Crippen LogP contribution in [0.5, 0.6) is 0 Å². The zero-order valence-electron chi connectivity index (χ0n) is 13.1. The summed E-state index contributed by atoms with van der Waals surface area (Å²) in [6, 6.07) is 9.37. The minimum Gasteiger partial charge on any atom is -0.380 e. The van der Waals surface area contributed by atoms with Gasteiger partial charge in [0.1, 0.15) is 0 Å². The molecule has 0 aliphatic rings. The molecule has 0 amide bonds. The molecule has 0 bridgehead atoms. The summed E-state index contributed by atoms with van der Waals surface area (Å²) in [6.07, 6.45) is 2.10. The Bertz CT molecular complexity index is 351. The van der Waals surface area contributed by atoms with Crippen molar-refractivity contribution in [2.45, 2.75) is 52.0 Å². The standard InChI is InChI=1S/C17H29NO/c1-6-11-19-13-16(18-5)12-14-7-9-15(10-8-14)17(2,3)4/h7-10,16,18H,6,11-13H2,1-5H3. The van der Waals surface area contributed by atoms with Crippen LogP contribution in [0.4, 0.5) is 0 Å². The average Bonchev–Trinajstić information content (AvgIpc) is 2.37. The van der Waals surface area contributed by atoms with Crippen LogP contribution in [0, 0.1) is 0 Å². The fourth-order valence-corrected chi connectivity index (χ4v) is 2.04. The zero-order chi connectivity index (χ0) is 14.3. The van der Waals surface area contributed by atoms with Crippen LogP contribution >= 0.6 is 0 Å². The van der Waals surface area contributed by atoms with Crippen molar-refractivity contribution in [1.82, 2.24) is 5.32 Å². The van der Waals surface area contributed by atoms with E-state index in [4.69, 9.17) is 4.74 Å². The van der Waals surface area contributed by atoms with Crippen LogP contribution in [0.1, 0.15) is 45.2 Å². The van der Waals surface area contributed by atoms with Crippen LogP contribution in [-0.4, -0.2) is 26.3 Å². The molecule has 1 rings (SSSR count). The lowest BCUT2D eigenvalue weighted by atomic mass is 9.86. The van der Waals surface area contributed by atoms with Crippen molar-refractivity contribution < 1.29 is 4.74 Å². The molecule has 1 aromatic rings.